The highest BCUT2D eigenvalue weighted by Crippen LogP contribution is 2.43. The molecule has 198 valence electrons. The van der Waals surface area contributed by atoms with Gasteiger partial charge in [0.25, 0.3) is 5.88 Å². The molecule has 2 aliphatic carbocycles. The summed E-state index contributed by atoms with van der Waals surface area (Å²) in [6.07, 6.45) is 7.06. The average molecular weight is 523 g/mol. The standard InChI is InChI=1S/C30H30N6O3/c1-17-13-21(35-30(37)38-18(2)20-5-6-20)7-9-23(17)28-27(32)24-10-8-22(14-26(24)36(28)16-19-3-4-19)39-29-25(15-31)33-11-12-34-29/h7-14,18-20H,3-6,16,32H2,1-2H3,(H,35,37)/t18-/m1/s1. The predicted molar refractivity (Wildman–Crippen MR) is 148 cm³/mol. The van der Waals surface area contributed by atoms with E-state index in [0.29, 0.717) is 29.0 Å². The SMILES string of the molecule is Cc1cc(NC(=O)O[C@H](C)C2CC2)ccc1-c1c(N)c2ccc(Oc3nccnc3C#N)cc2n1CC1CC1. The number of carbonyl (C=O) groups excluding carboxylic acids is 1. The van der Waals surface area contributed by atoms with E-state index >= 15 is 0 Å². The lowest BCUT2D eigenvalue weighted by Crippen LogP contribution is -2.21. The number of ether oxygens (including phenoxy) is 2. The Bertz CT molecular complexity index is 1610. The summed E-state index contributed by atoms with van der Waals surface area (Å²) in [7, 11) is 0. The van der Waals surface area contributed by atoms with Crippen LogP contribution in [0.15, 0.2) is 48.8 Å². The van der Waals surface area contributed by atoms with Crippen molar-refractivity contribution in [1.29, 1.82) is 5.26 Å². The minimum Gasteiger partial charge on any atom is -0.446 e. The van der Waals surface area contributed by atoms with Crippen molar-refractivity contribution in [2.75, 3.05) is 11.1 Å². The number of benzene rings is 2. The first-order valence-corrected chi connectivity index (χ1v) is 13.3. The third kappa shape index (κ3) is 5.10. The Hall–Kier alpha value is -4.58. The van der Waals surface area contributed by atoms with Crippen molar-refractivity contribution in [2.24, 2.45) is 11.8 Å². The molecule has 6 rings (SSSR count). The first kappa shape index (κ1) is 24.7. The predicted octanol–water partition coefficient (Wildman–Crippen LogP) is 6.41. The summed E-state index contributed by atoms with van der Waals surface area (Å²) in [6, 6.07) is 13.6. The zero-order valence-electron chi connectivity index (χ0n) is 22.0. The number of rotatable bonds is 8. The molecule has 4 aromatic rings. The maximum Gasteiger partial charge on any atom is 0.411 e. The molecule has 2 fully saturated rings. The van der Waals surface area contributed by atoms with Crippen LogP contribution in [-0.2, 0) is 11.3 Å². The van der Waals surface area contributed by atoms with Gasteiger partial charge < -0.3 is 19.8 Å². The number of nitrogens with two attached hydrogens (primary N) is 1. The third-order valence-electron chi connectivity index (χ3n) is 7.50. The van der Waals surface area contributed by atoms with Crippen molar-refractivity contribution in [2.45, 2.75) is 52.2 Å². The smallest absolute Gasteiger partial charge is 0.411 e. The summed E-state index contributed by atoms with van der Waals surface area (Å²) in [5.41, 5.74) is 12.2. The van der Waals surface area contributed by atoms with Crippen molar-refractivity contribution < 1.29 is 14.3 Å². The maximum absolute atomic E-state index is 12.4. The van der Waals surface area contributed by atoms with Crippen LogP contribution in [0.25, 0.3) is 22.2 Å². The molecule has 0 spiro atoms. The van der Waals surface area contributed by atoms with Crippen molar-refractivity contribution in [3.05, 3.63) is 60.0 Å². The molecule has 0 saturated heterocycles. The Kier molecular flexibility index (Phi) is 6.31. The fourth-order valence-corrected chi connectivity index (χ4v) is 5.03. The number of nitriles is 1. The lowest BCUT2D eigenvalue weighted by Gasteiger charge is -2.16. The van der Waals surface area contributed by atoms with E-state index in [1.54, 1.807) is 0 Å². The van der Waals surface area contributed by atoms with Crippen LogP contribution in [0.5, 0.6) is 11.6 Å². The molecule has 1 atom stereocenters. The molecule has 0 bridgehead atoms. The lowest BCUT2D eigenvalue weighted by atomic mass is 10.0. The molecule has 2 aromatic carbocycles. The van der Waals surface area contributed by atoms with Gasteiger partial charge in [0.15, 0.2) is 0 Å². The molecular weight excluding hydrogens is 492 g/mol. The van der Waals surface area contributed by atoms with Crippen LogP contribution in [0.1, 0.15) is 43.9 Å². The van der Waals surface area contributed by atoms with Crippen LogP contribution in [0.4, 0.5) is 16.2 Å². The van der Waals surface area contributed by atoms with Gasteiger partial charge in [0.05, 0.1) is 16.9 Å². The number of fused-ring (bicyclic) bond motifs is 1. The Balaban J connectivity index is 1.33. The number of aryl methyl sites for hydroxylation is 1. The molecule has 2 heterocycles. The first-order valence-electron chi connectivity index (χ1n) is 13.3. The average Bonchev–Trinajstić information content (AvgIpc) is 3.84. The topological polar surface area (TPSA) is 128 Å². The molecule has 9 heteroatoms. The summed E-state index contributed by atoms with van der Waals surface area (Å²) in [4.78, 5) is 20.6. The highest BCUT2D eigenvalue weighted by atomic mass is 16.6. The maximum atomic E-state index is 12.4. The van der Waals surface area contributed by atoms with Crippen LogP contribution in [0, 0.1) is 30.1 Å². The molecule has 1 amide bonds. The quantitative estimate of drug-likeness (QED) is 0.274. The van der Waals surface area contributed by atoms with Crippen LogP contribution in [0.2, 0.25) is 0 Å². The van der Waals surface area contributed by atoms with Crippen LogP contribution in [0.3, 0.4) is 0 Å². The second kappa shape index (κ2) is 9.95. The molecule has 2 saturated carbocycles. The summed E-state index contributed by atoms with van der Waals surface area (Å²) >= 11 is 0. The zero-order chi connectivity index (χ0) is 27.1. The number of nitrogen functional groups attached to an aromatic ring is 1. The Morgan fingerprint density at radius 2 is 1.97 bits per heavy atom. The number of nitrogens with zero attached hydrogens (tertiary/aromatic N) is 4. The van der Waals surface area contributed by atoms with Crippen molar-refractivity contribution in [3.63, 3.8) is 0 Å². The van der Waals surface area contributed by atoms with E-state index in [2.05, 4.69) is 19.9 Å². The lowest BCUT2D eigenvalue weighted by molar-refractivity contribution is 0.108. The second-order valence-corrected chi connectivity index (χ2v) is 10.5. The largest absolute Gasteiger partial charge is 0.446 e. The van der Waals surface area contributed by atoms with Gasteiger partial charge in [0.1, 0.15) is 17.9 Å². The number of aromatic nitrogens is 3. The van der Waals surface area contributed by atoms with Crippen molar-refractivity contribution in [1.82, 2.24) is 14.5 Å². The van der Waals surface area contributed by atoms with Crippen LogP contribution >= 0.6 is 0 Å². The van der Waals surface area contributed by atoms with E-state index in [4.69, 9.17) is 15.2 Å². The van der Waals surface area contributed by atoms with Gasteiger partial charge in [-0.05, 0) is 81.2 Å². The van der Waals surface area contributed by atoms with Gasteiger partial charge >= 0.3 is 6.09 Å². The molecule has 39 heavy (non-hydrogen) atoms. The molecule has 0 aliphatic heterocycles. The minimum absolute atomic E-state index is 0.0717. The van der Waals surface area contributed by atoms with E-state index in [-0.39, 0.29) is 17.7 Å². The molecule has 2 aromatic heterocycles. The molecular formula is C30H30N6O3. The zero-order valence-corrected chi connectivity index (χ0v) is 22.0. The number of amides is 1. The first-order chi connectivity index (χ1) is 18.9. The van der Waals surface area contributed by atoms with Gasteiger partial charge in [-0.15, -0.1) is 0 Å². The molecule has 0 radical (unpaired) electrons. The number of hydrogen-bond donors (Lipinski definition) is 2. The third-order valence-corrected chi connectivity index (χ3v) is 7.50. The van der Waals surface area contributed by atoms with Gasteiger partial charge in [-0.1, -0.05) is 6.07 Å². The Morgan fingerprint density at radius 3 is 2.69 bits per heavy atom. The summed E-state index contributed by atoms with van der Waals surface area (Å²) in [6.45, 7) is 4.80. The van der Waals surface area contributed by atoms with Gasteiger partial charge in [-0.3, -0.25) is 5.32 Å². The van der Waals surface area contributed by atoms with Crippen molar-refractivity contribution >= 4 is 28.4 Å². The van der Waals surface area contributed by atoms with Crippen molar-refractivity contribution in [3.8, 4) is 29.0 Å². The normalized spacial score (nSPS) is 15.5. The fourth-order valence-electron chi connectivity index (χ4n) is 5.03. The van der Waals surface area contributed by atoms with Gasteiger partial charge in [0, 0.05) is 41.6 Å². The van der Waals surface area contributed by atoms with E-state index in [1.807, 2.05) is 56.3 Å². The molecule has 2 aliphatic rings. The second-order valence-electron chi connectivity index (χ2n) is 10.5. The van der Waals surface area contributed by atoms with Gasteiger partial charge in [-0.2, -0.15) is 5.26 Å². The number of hydrogen-bond acceptors (Lipinski definition) is 7. The number of carbonyl (C=O) groups is 1. The molecule has 0 unspecified atom stereocenters. The highest BCUT2D eigenvalue weighted by molar-refractivity contribution is 6.02. The molecule has 3 N–H and O–H groups in total. The summed E-state index contributed by atoms with van der Waals surface area (Å²) in [5, 5.41) is 13.1. The Morgan fingerprint density at radius 1 is 1.18 bits per heavy atom. The monoisotopic (exact) mass is 522 g/mol. The van der Waals surface area contributed by atoms with E-state index in [9.17, 15) is 10.1 Å². The highest BCUT2D eigenvalue weighted by Gasteiger charge is 2.31. The van der Waals surface area contributed by atoms with E-state index < -0.39 is 6.09 Å². The van der Waals surface area contributed by atoms with E-state index in [0.717, 1.165) is 47.1 Å². The van der Waals surface area contributed by atoms with E-state index in [1.165, 1.54) is 25.2 Å². The minimum atomic E-state index is -0.431. The summed E-state index contributed by atoms with van der Waals surface area (Å²) < 4.78 is 13.7. The van der Waals surface area contributed by atoms with Gasteiger partial charge in [-0.25, -0.2) is 14.8 Å². The molecule has 9 nitrogen and oxygen atoms in total. The summed E-state index contributed by atoms with van der Waals surface area (Å²) in [5.74, 6) is 1.79. The number of nitrogens with one attached hydrogen (secondary N) is 1. The van der Waals surface area contributed by atoms with Crippen LogP contribution < -0.4 is 15.8 Å². The number of anilines is 2. The fraction of sp³-hybridized carbons (Fsp3) is 0.333. The van der Waals surface area contributed by atoms with Crippen LogP contribution in [-0.4, -0.2) is 26.7 Å². The Labute approximate surface area is 226 Å². The van der Waals surface area contributed by atoms with Gasteiger partial charge in [0.2, 0.25) is 5.69 Å².